The molecule has 0 amide bonds. The largest absolute Gasteiger partial charge is 1.00 e. The molecule has 0 saturated heterocycles. The number of carbonyl (C=O) groups is 1. The Morgan fingerprint density at radius 2 is 1.54 bits per heavy atom. The summed E-state index contributed by atoms with van der Waals surface area (Å²) in [6.07, 6.45) is 0. The molecule has 0 spiro atoms. The summed E-state index contributed by atoms with van der Waals surface area (Å²) in [5.74, 6) is -1.99. The van der Waals surface area contributed by atoms with E-state index in [-0.39, 0.29) is 75.1 Å². The van der Waals surface area contributed by atoms with Crippen LogP contribution in [0, 0.1) is 0 Å². The van der Waals surface area contributed by atoms with Crippen molar-refractivity contribution in [1.29, 1.82) is 0 Å². The number of hydrogen-bond acceptors (Lipinski definition) is 7. The van der Waals surface area contributed by atoms with Gasteiger partial charge in [-0.05, 0) is 41.1 Å². The van der Waals surface area contributed by atoms with E-state index in [1.807, 2.05) is 0 Å². The van der Waals surface area contributed by atoms with E-state index < -0.39 is 27.4 Å². The van der Waals surface area contributed by atoms with E-state index in [1.165, 1.54) is 36.4 Å². The average Bonchev–Trinajstić information content (AvgIpc) is 2.59. The molecule has 0 aliphatic carbocycles. The Morgan fingerprint density at radius 1 is 0.929 bits per heavy atom. The number of fused-ring (bicyclic) bond motifs is 1. The van der Waals surface area contributed by atoms with E-state index in [2.05, 4.69) is 10.2 Å². The van der Waals surface area contributed by atoms with E-state index in [0.717, 1.165) is 12.1 Å². The van der Waals surface area contributed by atoms with Gasteiger partial charge in [0.2, 0.25) is 0 Å². The van der Waals surface area contributed by atoms with E-state index in [4.69, 9.17) is 5.11 Å². The normalized spacial score (nSPS) is 11.0. The molecular weight excluding hydrogens is 406 g/mol. The molecule has 132 valence electrons. The van der Waals surface area contributed by atoms with Gasteiger partial charge in [0.1, 0.15) is 10.1 Å². The molecule has 0 fully saturated rings. The maximum absolute atomic E-state index is 11.4. The van der Waals surface area contributed by atoms with Gasteiger partial charge in [0.25, 0.3) is 0 Å². The number of aromatic carboxylic acids is 1. The van der Waals surface area contributed by atoms with Crippen molar-refractivity contribution in [2.24, 2.45) is 10.2 Å². The Kier molecular flexibility index (Phi) is 8.79. The summed E-state index contributed by atoms with van der Waals surface area (Å²) in [6, 6.07) is 12.3. The van der Waals surface area contributed by atoms with Crippen LogP contribution in [0.4, 0.5) is 11.4 Å². The molecule has 0 heterocycles. The van der Waals surface area contributed by atoms with Gasteiger partial charge in [-0.1, -0.05) is 30.0 Å². The van der Waals surface area contributed by atoms with Crippen molar-refractivity contribution >= 4 is 38.2 Å². The van der Waals surface area contributed by atoms with Gasteiger partial charge in [-0.2, -0.15) is 10.2 Å². The van der Waals surface area contributed by atoms with Crippen LogP contribution < -0.4 is 64.2 Å². The second-order valence-corrected chi connectivity index (χ2v) is 6.65. The summed E-state index contributed by atoms with van der Waals surface area (Å²) in [7, 11) is -4.60. The maximum Gasteiger partial charge on any atom is 1.00 e. The van der Waals surface area contributed by atoms with Crippen LogP contribution in [0.2, 0.25) is 0 Å². The number of rotatable bonds is 4. The van der Waals surface area contributed by atoms with Crippen LogP contribution in [0.3, 0.4) is 0 Å². The Labute approximate surface area is 204 Å². The summed E-state index contributed by atoms with van der Waals surface area (Å²) in [5.41, 5.74) is 0.129. The first kappa shape index (κ1) is 24.7. The molecule has 11 heteroatoms. The van der Waals surface area contributed by atoms with Crippen LogP contribution in [0.15, 0.2) is 69.7 Å². The van der Waals surface area contributed by atoms with Crippen molar-refractivity contribution in [3.05, 3.63) is 60.2 Å². The van der Waals surface area contributed by atoms with Gasteiger partial charge in [-0.25, -0.2) is 13.2 Å². The number of azo groups is 1. The van der Waals surface area contributed by atoms with Gasteiger partial charge >= 0.3 is 65.1 Å². The molecule has 3 aromatic carbocycles. The monoisotopic (exact) mass is 416 g/mol. The average molecular weight is 416 g/mol. The summed E-state index contributed by atoms with van der Waals surface area (Å²) in [6.45, 7) is 0. The SMILES string of the molecule is O=C(O)c1cc(N=Nc2ccc3c(S(=O)(=O)[O-])cccc3c2)ccc1[O-].[Na+].[Na+]. The summed E-state index contributed by atoms with van der Waals surface area (Å²) >= 11 is 0. The Morgan fingerprint density at radius 3 is 2.14 bits per heavy atom. The second kappa shape index (κ2) is 9.95. The van der Waals surface area contributed by atoms with Crippen LogP contribution in [0.25, 0.3) is 10.8 Å². The summed E-state index contributed by atoms with van der Waals surface area (Å²) < 4.78 is 33.9. The maximum atomic E-state index is 11.4. The third kappa shape index (κ3) is 5.62. The predicted octanol–water partition coefficient (Wildman–Crippen LogP) is -3.06. The molecule has 0 saturated carbocycles. The fourth-order valence-electron chi connectivity index (χ4n) is 2.38. The molecule has 0 aliphatic rings. The van der Waals surface area contributed by atoms with Crippen LogP contribution in [-0.2, 0) is 10.1 Å². The van der Waals surface area contributed by atoms with Crippen LogP contribution in [-0.4, -0.2) is 24.0 Å². The van der Waals surface area contributed by atoms with Crippen molar-refractivity contribution < 1.29 is 87.1 Å². The molecule has 3 aromatic rings. The van der Waals surface area contributed by atoms with Gasteiger partial charge in [0, 0.05) is 0 Å². The van der Waals surface area contributed by atoms with Crippen molar-refractivity contribution in [3.8, 4) is 5.75 Å². The van der Waals surface area contributed by atoms with Gasteiger partial charge in [0.05, 0.1) is 21.8 Å². The second-order valence-electron chi connectivity index (χ2n) is 5.30. The molecular formula is C17H10N2Na2O6S. The van der Waals surface area contributed by atoms with E-state index >= 15 is 0 Å². The molecule has 0 bridgehead atoms. The topological polar surface area (TPSA) is 142 Å². The number of hydrogen-bond donors (Lipinski definition) is 1. The van der Waals surface area contributed by atoms with Crippen molar-refractivity contribution in [3.63, 3.8) is 0 Å². The van der Waals surface area contributed by atoms with Gasteiger partial charge in [-0.15, -0.1) is 0 Å². The Balaban J connectivity index is 0.00000196. The smallest absolute Gasteiger partial charge is 0.872 e. The molecule has 0 aliphatic heterocycles. The van der Waals surface area contributed by atoms with Crippen LogP contribution in [0.5, 0.6) is 5.75 Å². The van der Waals surface area contributed by atoms with E-state index in [9.17, 15) is 22.9 Å². The molecule has 1 N–H and O–H groups in total. The van der Waals surface area contributed by atoms with Crippen molar-refractivity contribution in [2.75, 3.05) is 0 Å². The quantitative estimate of drug-likeness (QED) is 0.272. The molecule has 3 rings (SSSR count). The first-order valence-electron chi connectivity index (χ1n) is 7.20. The van der Waals surface area contributed by atoms with E-state index in [0.29, 0.717) is 11.1 Å². The Hall–Kier alpha value is -1.30. The third-order valence-electron chi connectivity index (χ3n) is 3.57. The minimum atomic E-state index is -4.60. The number of carboxylic acid groups (broad SMARTS) is 1. The molecule has 0 radical (unpaired) electrons. The summed E-state index contributed by atoms with van der Waals surface area (Å²) in [5, 5.41) is 28.9. The van der Waals surface area contributed by atoms with Crippen LogP contribution in [0.1, 0.15) is 10.4 Å². The molecule has 0 aromatic heterocycles. The third-order valence-corrected chi connectivity index (χ3v) is 4.46. The van der Waals surface area contributed by atoms with E-state index in [1.54, 1.807) is 6.07 Å². The minimum absolute atomic E-state index is 0. The molecule has 0 unspecified atom stereocenters. The summed E-state index contributed by atoms with van der Waals surface area (Å²) in [4.78, 5) is 10.6. The minimum Gasteiger partial charge on any atom is -0.872 e. The van der Waals surface area contributed by atoms with Crippen LogP contribution >= 0.6 is 0 Å². The Bertz CT molecular complexity index is 1170. The van der Waals surface area contributed by atoms with Crippen molar-refractivity contribution in [2.45, 2.75) is 4.90 Å². The molecule has 0 atom stereocenters. The van der Waals surface area contributed by atoms with Gasteiger partial charge in [0.15, 0.2) is 0 Å². The van der Waals surface area contributed by atoms with Crippen molar-refractivity contribution in [1.82, 2.24) is 0 Å². The molecule has 28 heavy (non-hydrogen) atoms. The number of carboxylic acids is 1. The van der Waals surface area contributed by atoms with Gasteiger partial charge < -0.3 is 14.8 Å². The number of nitrogens with zero attached hydrogens (tertiary/aromatic N) is 2. The zero-order valence-corrected chi connectivity index (χ0v) is 19.8. The van der Waals surface area contributed by atoms with Gasteiger partial charge in [-0.3, -0.25) is 0 Å². The first-order valence-corrected chi connectivity index (χ1v) is 8.61. The number of benzene rings is 3. The first-order chi connectivity index (χ1) is 12.3. The molecule has 8 nitrogen and oxygen atoms in total. The predicted molar refractivity (Wildman–Crippen MR) is 88.9 cm³/mol. The zero-order chi connectivity index (χ0) is 18.9. The fraction of sp³-hybridized carbons (Fsp3) is 0. The fourth-order valence-corrected chi connectivity index (χ4v) is 3.08. The zero-order valence-electron chi connectivity index (χ0n) is 15.0. The standard InChI is InChI=1S/C17H12N2O6S.2Na/c20-15-7-5-12(9-14(15)17(21)22)19-18-11-4-6-13-10(8-11)2-1-3-16(13)26(23,24)25;;/h1-9,20H,(H,21,22)(H,23,24,25);;/q;2*+1/p-2.